The summed E-state index contributed by atoms with van der Waals surface area (Å²) in [5, 5.41) is 7.01. The summed E-state index contributed by atoms with van der Waals surface area (Å²) in [4.78, 5) is 14.4. The molecular weight excluding hydrogens is 338 g/mol. The molecule has 2 aliphatic heterocycles. The fourth-order valence-corrected chi connectivity index (χ4v) is 3.17. The lowest BCUT2D eigenvalue weighted by Crippen LogP contribution is -2.45. The smallest absolute Gasteiger partial charge is 0.376 e. The number of carbonyl (C=O) groups excluding carboxylic acids is 1. The third-order valence-corrected chi connectivity index (χ3v) is 4.39. The number of halogens is 1. The molecule has 0 spiro atoms. The summed E-state index contributed by atoms with van der Waals surface area (Å²) < 4.78 is 5.21. The van der Waals surface area contributed by atoms with E-state index >= 15 is 0 Å². The second-order valence-corrected chi connectivity index (χ2v) is 6.10. The average molecular weight is 354 g/mol. The van der Waals surface area contributed by atoms with Gasteiger partial charge >= 0.3 is 5.97 Å². The summed E-state index contributed by atoms with van der Waals surface area (Å²) in [5.74, 6) is -0.160. The third kappa shape index (κ3) is 2.66. The monoisotopic (exact) mass is 353 g/mol. The third-order valence-electron chi connectivity index (χ3n) is 4.14. The fourth-order valence-electron chi connectivity index (χ4n) is 3.04. The molecule has 0 amide bonds. The molecule has 6 heteroatoms. The van der Waals surface area contributed by atoms with Gasteiger partial charge in [-0.3, -0.25) is 4.90 Å². The minimum Gasteiger partial charge on any atom is -0.460 e. The lowest BCUT2D eigenvalue weighted by molar-refractivity contribution is -0.135. The van der Waals surface area contributed by atoms with Crippen LogP contribution in [0.4, 0.5) is 11.4 Å². The van der Waals surface area contributed by atoms with E-state index in [1.165, 1.54) is 0 Å². The number of ether oxygens (including phenoxy) is 1. The highest BCUT2D eigenvalue weighted by atomic mass is 35.5. The van der Waals surface area contributed by atoms with Crippen LogP contribution in [0, 0.1) is 0 Å². The van der Waals surface area contributed by atoms with Crippen LogP contribution in [0.1, 0.15) is 12.5 Å². The van der Waals surface area contributed by atoms with Gasteiger partial charge in [-0.1, -0.05) is 35.9 Å². The average Bonchev–Trinajstić information content (AvgIpc) is 3.03. The molecule has 2 aliphatic rings. The van der Waals surface area contributed by atoms with Crippen LogP contribution < -0.4 is 9.91 Å². The van der Waals surface area contributed by atoms with Gasteiger partial charge in [0.25, 0.3) is 0 Å². The standard InChI is InChI=1S/C19H16ClN3O2/c1-2-25-19(24)18-21-23(15-10-8-14(20)9-11-15)17-12-7-13-5-3-4-6-16(13)22(17)18/h3-12,17H,2H2,1H3. The summed E-state index contributed by atoms with van der Waals surface area (Å²) in [6, 6.07) is 15.3. The summed E-state index contributed by atoms with van der Waals surface area (Å²) in [5.41, 5.74) is 2.81. The fraction of sp³-hybridized carbons (Fsp3) is 0.158. The normalized spacial score (nSPS) is 17.8. The van der Waals surface area contributed by atoms with Crippen LogP contribution >= 0.6 is 11.6 Å². The Morgan fingerprint density at radius 1 is 1.20 bits per heavy atom. The molecule has 5 nitrogen and oxygen atoms in total. The van der Waals surface area contributed by atoms with E-state index in [0.29, 0.717) is 11.6 Å². The molecule has 0 bridgehead atoms. The second-order valence-electron chi connectivity index (χ2n) is 5.67. The highest BCUT2D eigenvalue weighted by Gasteiger charge is 2.40. The van der Waals surface area contributed by atoms with Crippen molar-refractivity contribution in [3.63, 3.8) is 0 Å². The van der Waals surface area contributed by atoms with Gasteiger partial charge in [0.2, 0.25) is 5.84 Å². The van der Waals surface area contributed by atoms with E-state index < -0.39 is 5.97 Å². The number of rotatable bonds is 3. The van der Waals surface area contributed by atoms with Crippen LogP contribution in [-0.2, 0) is 9.53 Å². The molecule has 1 atom stereocenters. The molecule has 4 rings (SSSR count). The molecule has 0 saturated carbocycles. The molecule has 0 fully saturated rings. The number of esters is 1. The van der Waals surface area contributed by atoms with Crippen LogP contribution in [-0.4, -0.2) is 24.6 Å². The van der Waals surface area contributed by atoms with Crippen molar-refractivity contribution in [1.82, 2.24) is 0 Å². The zero-order valence-corrected chi connectivity index (χ0v) is 14.3. The van der Waals surface area contributed by atoms with Gasteiger partial charge < -0.3 is 4.74 Å². The predicted octanol–water partition coefficient (Wildman–Crippen LogP) is 3.90. The van der Waals surface area contributed by atoms with E-state index in [2.05, 4.69) is 5.10 Å². The maximum atomic E-state index is 12.5. The summed E-state index contributed by atoms with van der Waals surface area (Å²) >= 11 is 5.99. The first-order chi connectivity index (χ1) is 12.2. The SMILES string of the molecule is CCOC(=O)C1=NN(c2ccc(Cl)cc2)C2C=Cc3ccccc3N12. The molecule has 0 aliphatic carbocycles. The van der Waals surface area contributed by atoms with Crippen LogP contribution in [0.5, 0.6) is 0 Å². The highest BCUT2D eigenvalue weighted by Crippen LogP contribution is 2.36. The number of para-hydroxylation sites is 1. The van der Waals surface area contributed by atoms with Crippen molar-refractivity contribution >= 4 is 40.9 Å². The number of anilines is 2. The molecule has 1 unspecified atom stereocenters. The van der Waals surface area contributed by atoms with Crippen LogP contribution in [0.3, 0.4) is 0 Å². The lowest BCUT2D eigenvalue weighted by atomic mass is 10.1. The number of nitrogens with zero attached hydrogens (tertiary/aromatic N) is 3. The molecule has 2 aromatic rings. The Balaban J connectivity index is 1.81. The first kappa shape index (κ1) is 15.7. The highest BCUT2D eigenvalue weighted by molar-refractivity contribution is 6.42. The van der Waals surface area contributed by atoms with Gasteiger partial charge in [-0.25, -0.2) is 9.80 Å². The number of hydrazone groups is 1. The van der Waals surface area contributed by atoms with Gasteiger partial charge in [-0.15, -0.1) is 5.10 Å². The van der Waals surface area contributed by atoms with E-state index in [9.17, 15) is 4.79 Å². The van der Waals surface area contributed by atoms with Crippen LogP contribution in [0.2, 0.25) is 5.02 Å². The molecule has 0 N–H and O–H groups in total. The van der Waals surface area contributed by atoms with Crippen molar-refractivity contribution in [2.75, 3.05) is 16.5 Å². The Morgan fingerprint density at radius 2 is 1.96 bits per heavy atom. The maximum absolute atomic E-state index is 12.5. The molecule has 0 radical (unpaired) electrons. The van der Waals surface area contributed by atoms with Gasteiger partial charge in [-0.2, -0.15) is 0 Å². The van der Waals surface area contributed by atoms with Crippen molar-refractivity contribution in [3.8, 4) is 0 Å². The quantitative estimate of drug-likeness (QED) is 0.785. The molecule has 25 heavy (non-hydrogen) atoms. The van der Waals surface area contributed by atoms with Crippen molar-refractivity contribution in [2.24, 2.45) is 5.10 Å². The zero-order valence-electron chi connectivity index (χ0n) is 13.6. The molecule has 2 aromatic carbocycles. The minimum atomic E-state index is -0.436. The lowest BCUT2D eigenvalue weighted by Gasteiger charge is -2.32. The van der Waals surface area contributed by atoms with Crippen molar-refractivity contribution in [1.29, 1.82) is 0 Å². The van der Waals surface area contributed by atoms with Gasteiger partial charge in [-0.05, 0) is 48.9 Å². The Hall–Kier alpha value is -2.79. The molecule has 2 heterocycles. The number of fused-ring (bicyclic) bond motifs is 3. The van der Waals surface area contributed by atoms with Crippen molar-refractivity contribution in [2.45, 2.75) is 13.1 Å². The first-order valence-electron chi connectivity index (χ1n) is 8.06. The second kappa shape index (κ2) is 6.26. The maximum Gasteiger partial charge on any atom is 0.376 e. The van der Waals surface area contributed by atoms with Crippen LogP contribution in [0.15, 0.2) is 59.7 Å². The number of hydrogen-bond donors (Lipinski definition) is 0. The van der Waals surface area contributed by atoms with E-state index in [1.807, 2.05) is 53.5 Å². The number of amidine groups is 1. The van der Waals surface area contributed by atoms with Crippen molar-refractivity contribution < 1.29 is 9.53 Å². The Kier molecular flexibility index (Phi) is 3.93. The molecule has 0 aromatic heterocycles. The van der Waals surface area contributed by atoms with Gasteiger partial charge in [0.05, 0.1) is 18.0 Å². The van der Waals surface area contributed by atoms with Crippen molar-refractivity contribution in [3.05, 3.63) is 65.2 Å². The Labute approximate surface area is 150 Å². The van der Waals surface area contributed by atoms with Gasteiger partial charge in [0, 0.05) is 5.02 Å². The summed E-state index contributed by atoms with van der Waals surface area (Å²) in [6.07, 6.45) is 3.84. The van der Waals surface area contributed by atoms with Gasteiger partial charge in [0.1, 0.15) is 6.17 Å². The predicted molar refractivity (Wildman–Crippen MR) is 99.7 cm³/mol. The van der Waals surface area contributed by atoms with E-state index in [0.717, 1.165) is 16.9 Å². The summed E-state index contributed by atoms with van der Waals surface area (Å²) in [6.45, 7) is 2.08. The molecular formula is C19H16ClN3O2. The number of hydrogen-bond acceptors (Lipinski definition) is 5. The molecule has 0 saturated heterocycles. The first-order valence-corrected chi connectivity index (χ1v) is 8.44. The number of carbonyl (C=O) groups is 1. The topological polar surface area (TPSA) is 45.1 Å². The van der Waals surface area contributed by atoms with E-state index in [1.54, 1.807) is 24.1 Å². The van der Waals surface area contributed by atoms with Gasteiger partial charge in [0.15, 0.2) is 0 Å². The molecule has 126 valence electrons. The summed E-state index contributed by atoms with van der Waals surface area (Å²) in [7, 11) is 0. The van der Waals surface area contributed by atoms with E-state index in [-0.39, 0.29) is 12.0 Å². The Morgan fingerprint density at radius 3 is 2.72 bits per heavy atom. The largest absolute Gasteiger partial charge is 0.460 e. The minimum absolute atomic E-state index is 0.226. The van der Waals surface area contributed by atoms with Crippen LogP contribution in [0.25, 0.3) is 6.08 Å². The Bertz CT molecular complexity index is 876. The van der Waals surface area contributed by atoms with E-state index in [4.69, 9.17) is 16.3 Å². The zero-order chi connectivity index (χ0) is 17.4. The number of benzene rings is 2.